The summed E-state index contributed by atoms with van der Waals surface area (Å²) in [6.45, 7) is 0.873. The molecule has 1 amide bonds. The van der Waals surface area contributed by atoms with Crippen molar-refractivity contribution in [3.8, 4) is 5.75 Å². The Labute approximate surface area is 134 Å². The highest BCUT2D eigenvalue weighted by Crippen LogP contribution is 2.25. The zero-order chi connectivity index (χ0) is 15.4. The van der Waals surface area contributed by atoms with E-state index in [0.29, 0.717) is 23.7 Å². The summed E-state index contributed by atoms with van der Waals surface area (Å²) in [5.41, 5.74) is 2.69. The number of carbonyl (C=O) groups is 1. The first-order valence-electron chi connectivity index (χ1n) is 7.17. The van der Waals surface area contributed by atoms with Crippen molar-refractivity contribution in [2.75, 3.05) is 13.2 Å². The Balaban J connectivity index is 1.58. The molecule has 0 bridgehead atoms. The molecule has 0 fully saturated rings. The van der Waals surface area contributed by atoms with Crippen LogP contribution in [0.25, 0.3) is 6.08 Å². The van der Waals surface area contributed by atoms with Gasteiger partial charge in [0.05, 0.1) is 5.57 Å². The number of fused-ring (bicyclic) bond motifs is 1. The van der Waals surface area contributed by atoms with Crippen molar-refractivity contribution in [3.05, 3.63) is 70.3 Å². The Bertz CT molecular complexity index is 725. The number of rotatable bonds is 4. The van der Waals surface area contributed by atoms with Crippen LogP contribution in [0.15, 0.2) is 54.1 Å². The van der Waals surface area contributed by atoms with E-state index in [2.05, 4.69) is 5.32 Å². The third-order valence-electron chi connectivity index (χ3n) is 3.51. The van der Waals surface area contributed by atoms with Gasteiger partial charge in [-0.05, 0) is 36.3 Å². The molecular weight excluding hydrogens is 298 g/mol. The molecule has 2 aromatic carbocycles. The molecule has 0 aliphatic carbocycles. The van der Waals surface area contributed by atoms with E-state index in [1.54, 1.807) is 0 Å². The van der Waals surface area contributed by atoms with Crippen LogP contribution in [0, 0.1) is 0 Å². The Morgan fingerprint density at radius 1 is 1.18 bits per heavy atom. The summed E-state index contributed by atoms with van der Waals surface area (Å²) in [4.78, 5) is 12.2. The first-order valence-corrected chi connectivity index (χ1v) is 7.55. The average Bonchev–Trinajstić information content (AvgIpc) is 2.54. The Hall–Kier alpha value is -2.26. The summed E-state index contributed by atoms with van der Waals surface area (Å²) in [6, 6.07) is 15.3. The minimum Gasteiger partial charge on any atom is -0.488 e. The van der Waals surface area contributed by atoms with Gasteiger partial charge in [-0.15, -0.1) is 0 Å². The van der Waals surface area contributed by atoms with Crippen molar-refractivity contribution >= 4 is 23.6 Å². The summed E-state index contributed by atoms with van der Waals surface area (Å²) in [5, 5.41) is 3.63. The van der Waals surface area contributed by atoms with Gasteiger partial charge in [0.15, 0.2) is 0 Å². The zero-order valence-electron chi connectivity index (χ0n) is 12.0. The molecule has 0 atom stereocenters. The first kappa shape index (κ1) is 14.7. The van der Waals surface area contributed by atoms with E-state index in [1.807, 2.05) is 54.6 Å². The number of benzene rings is 2. The minimum absolute atomic E-state index is 0.0865. The summed E-state index contributed by atoms with van der Waals surface area (Å²) in [7, 11) is 0. The van der Waals surface area contributed by atoms with Crippen molar-refractivity contribution in [2.45, 2.75) is 6.42 Å². The third-order valence-corrected chi connectivity index (χ3v) is 3.75. The molecule has 0 radical (unpaired) electrons. The summed E-state index contributed by atoms with van der Waals surface area (Å²) >= 11 is 5.94. The normalized spacial score (nSPS) is 12.9. The molecule has 2 aromatic rings. The molecule has 0 spiro atoms. The molecule has 112 valence electrons. The standard InChI is InChI=1S/C18H16ClNO2/c19-16-6-3-4-13(10-16)8-9-20-18(21)15-11-14-5-1-2-7-17(14)22-12-15/h1-7,10-11H,8-9,12H2,(H,20,21). The monoisotopic (exact) mass is 313 g/mol. The lowest BCUT2D eigenvalue weighted by Crippen LogP contribution is -2.30. The molecule has 0 saturated heterocycles. The fraction of sp³-hybridized carbons (Fsp3) is 0.167. The maximum absolute atomic E-state index is 12.2. The lowest BCUT2D eigenvalue weighted by Gasteiger charge is -2.17. The second-order valence-electron chi connectivity index (χ2n) is 5.13. The molecule has 1 N–H and O–H groups in total. The lowest BCUT2D eigenvalue weighted by atomic mass is 10.1. The number of ether oxygens (including phenoxy) is 1. The van der Waals surface area contributed by atoms with Gasteiger partial charge in [0.1, 0.15) is 12.4 Å². The third kappa shape index (κ3) is 3.49. The van der Waals surface area contributed by atoms with E-state index in [-0.39, 0.29) is 5.91 Å². The fourth-order valence-corrected chi connectivity index (χ4v) is 2.59. The smallest absolute Gasteiger partial charge is 0.250 e. The highest BCUT2D eigenvalue weighted by Gasteiger charge is 2.16. The number of halogens is 1. The largest absolute Gasteiger partial charge is 0.488 e. The molecule has 1 aliphatic rings. The van der Waals surface area contributed by atoms with Crippen molar-refractivity contribution in [3.63, 3.8) is 0 Å². The maximum Gasteiger partial charge on any atom is 0.250 e. The first-order chi connectivity index (χ1) is 10.7. The van der Waals surface area contributed by atoms with Crippen LogP contribution < -0.4 is 10.1 Å². The van der Waals surface area contributed by atoms with Gasteiger partial charge in [-0.2, -0.15) is 0 Å². The van der Waals surface area contributed by atoms with Crippen LogP contribution in [0.1, 0.15) is 11.1 Å². The van der Waals surface area contributed by atoms with Crippen molar-refractivity contribution < 1.29 is 9.53 Å². The molecule has 3 nitrogen and oxygen atoms in total. The van der Waals surface area contributed by atoms with Gasteiger partial charge < -0.3 is 10.1 Å². The maximum atomic E-state index is 12.2. The molecule has 0 unspecified atom stereocenters. The quantitative estimate of drug-likeness (QED) is 0.938. The van der Waals surface area contributed by atoms with Gasteiger partial charge in [0.2, 0.25) is 0 Å². The van der Waals surface area contributed by atoms with Gasteiger partial charge >= 0.3 is 0 Å². The number of para-hydroxylation sites is 1. The van der Waals surface area contributed by atoms with E-state index in [1.165, 1.54) is 0 Å². The predicted octanol–water partition coefficient (Wildman–Crippen LogP) is 3.47. The summed E-state index contributed by atoms with van der Waals surface area (Å²) < 4.78 is 5.59. The predicted molar refractivity (Wildman–Crippen MR) is 88.1 cm³/mol. The molecule has 1 heterocycles. The number of amides is 1. The van der Waals surface area contributed by atoms with E-state index < -0.39 is 0 Å². The van der Waals surface area contributed by atoms with Crippen molar-refractivity contribution in [1.82, 2.24) is 5.32 Å². The number of nitrogens with one attached hydrogen (secondary N) is 1. The lowest BCUT2D eigenvalue weighted by molar-refractivity contribution is -0.117. The van der Waals surface area contributed by atoms with Crippen molar-refractivity contribution in [1.29, 1.82) is 0 Å². The topological polar surface area (TPSA) is 38.3 Å². The van der Waals surface area contributed by atoms with Gasteiger partial charge in [-0.3, -0.25) is 4.79 Å². The Kier molecular flexibility index (Phi) is 4.45. The average molecular weight is 314 g/mol. The van der Waals surface area contributed by atoms with Gasteiger partial charge in [0, 0.05) is 17.1 Å². The van der Waals surface area contributed by atoms with E-state index in [4.69, 9.17) is 16.3 Å². The van der Waals surface area contributed by atoms with Crippen LogP contribution in [-0.2, 0) is 11.2 Å². The SMILES string of the molecule is O=C(NCCc1cccc(Cl)c1)C1=Cc2ccccc2OC1. The Morgan fingerprint density at radius 3 is 2.91 bits per heavy atom. The Morgan fingerprint density at radius 2 is 2.05 bits per heavy atom. The van der Waals surface area contributed by atoms with E-state index in [9.17, 15) is 4.79 Å². The molecule has 0 aromatic heterocycles. The summed E-state index contributed by atoms with van der Waals surface area (Å²) in [5.74, 6) is 0.731. The molecule has 22 heavy (non-hydrogen) atoms. The summed E-state index contributed by atoms with van der Waals surface area (Å²) in [6.07, 6.45) is 2.63. The van der Waals surface area contributed by atoms with Crippen LogP contribution in [0.2, 0.25) is 5.02 Å². The van der Waals surface area contributed by atoms with Gasteiger partial charge in [-0.25, -0.2) is 0 Å². The van der Waals surface area contributed by atoms with Crippen LogP contribution in [0.4, 0.5) is 0 Å². The van der Waals surface area contributed by atoms with Gasteiger partial charge in [0.25, 0.3) is 5.91 Å². The van der Waals surface area contributed by atoms with Gasteiger partial charge in [-0.1, -0.05) is 41.9 Å². The highest BCUT2D eigenvalue weighted by atomic mass is 35.5. The van der Waals surface area contributed by atoms with Crippen LogP contribution >= 0.6 is 11.6 Å². The number of hydrogen-bond donors (Lipinski definition) is 1. The fourth-order valence-electron chi connectivity index (χ4n) is 2.37. The van der Waals surface area contributed by atoms with E-state index in [0.717, 1.165) is 23.3 Å². The molecule has 0 saturated carbocycles. The van der Waals surface area contributed by atoms with Crippen LogP contribution in [-0.4, -0.2) is 19.1 Å². The molecular formula is C18H16ClNO2. The van der Waals surface area contributed by atoms with E-state index >= 15 is 0 Å². The van der Waals surface area contributed by atoms with Crippen LogP contribution in [0.3, 0.4) is 0 Å². The highest BCUT2D eigenvalue weighted by molar-refractivity contribution is 6.30. The molecule has 1 aliphatic heterocycles. The second-order valence-corrected chi connectivity index (χ2v) is 5.57. The molecule has 3 rings (SSSR count). The minimum atomic E-state index is -0.0865. The number of carbonyl (C=O) groups excluding carboxylic acids is 1. The van der Waals surface area contributed by atoms with Crippen LogP contribution in [0.5, 0.6) is 5.75 Å². The number of hydrogen-bond acceptors (Lipinski definition) is 2. The second kappa shape index (κ2) is 6.67. The van der Waals surface area contributed by atoms with Crippen molar-refractivity contribution in [2.24, 2.45) is 0 Å². The zero-order valence-corrected chi connectivity index (χ0v) is 12.8. The molecule has 4 heteroatoms.